The summed E-state index contributed by atoms with van der Waals surface area (Å²) in [5, 5.41) is 4.55. The Labute approximate surface area is 201 Å². The summed E-state index contributed by atoms with van der Waals surface area (Å²) in [6.45, 7) is 0. The van der Waals surface area contributed by atoms with Crippen LogP contribution < -0.4 is 10.4 Å². The molecule has 168 valence electrons. The van der Waals surface area contributed by atoms with Crippen LogP contribution in [0.3, 0.4) is 0 Å². The van der Waals surface area contributed by atoms with Gasteiger partial charge in [0, 0.05) is 35.7 Å². The van der Waals surface area contributed by atoms with E-state index in [9.17, 15) is 0 Å². The third kappa shape index (κ3) is 3.91. The highest BCUT2D eigenvalue weighted by Crippen LogP contribution is 2.39. The van der Waals surface area contributed by atoms with Crippen LogP contribution in [0.1, 0.15) is 0 Å². The molecule has 0 spiro atoms. The number of pyridine rings is 3. The molecule has 1 N–H and O–H groups in total. The highest BCUT2D eigenvalue weighted by atomic mass is 19.1. The molecule has 0 aliphatic carbocycles. The molecule has 0 saturated heterocycles. The molecule has 0 atom stereocenters. The molecule has 0 bridgehead atoms. The minimum absolute atomic E-state index is 0.292. The molecule has 0 saturated carbocycles. The molecule has 6 heteroatoms. The predicted octanol–water partition coefficient (Wildman–Crippen LogP) is 7.15. The number of hydrogen-bond donors (Lipinski definition) is 1. The normalized spacial score (nSPS) is 11.0. The molecule has 3 aromatic heterocycles. The molecule has 5 nitrogen and oxygen atoms in total. The van der Waals surface area contributed by atoms with Gasteiger partial charge in [0.05, 0.1) is 16.9 Å². The van der Waals surface area contributed by atoms with Crippen molar-refractivity contribution in [2.75, 3.05) is 10.4 Å². The number of hydrogen-bond acceptors (Lipinski definition) is 5. The van der Waals surface area contributed by atoms with Crippen molar-refractivity contribution in [3.63, 3.8) is 0 Å². The van der Waals surface area contributed by atoms with Crippen LogP contribution >= 0.6 is 0 Å². The molecule has 0 amide bonds. The summed E-state index contributed by atoms with van der Waals surface area (Å²) in [4.78, 5) is 13.0. The lowest BCUT2D eigenvalue weighted by Crippen LogP contribution is -2.26. The topological polar surface area (TPSA) is 53.9 Å². The maximum atomic E-state index is 16.6. The van der Waals surface area contributed by atoms with Crippen LogP contribution in [0.15, 0.2) is 116 Å². The first kappa shape index (κ1) is 20.7. The fraction of sp³-hybridized carbons (Fsp3) is 0. The Morgan fingerprint density at radius 1 is 0.686 bits per heavy atom. The van der Waals surface area contributed by atoms with Gasteiger partial charge in [-0.25, -0.2) is 9.37 Å². The van der Waals surface area contributed by atoms with Crippen molar-refractivity contribution in [2.24, 2.45) is 0 Å². The predicted molar refractivity (Wildman–Crippen MR) is 139 cm³/mol. The van der Waals surface area contributed by atoms with Crippen LogP contribution in [-0.4, -0.2) is 15.0 Å². The van der Waals surface area contributed by atoms with Gasteiger partial charge in [0.15, 0.2) is 5.82 Å². The van der Waals surface area contributed by atoms with Crippen LogP contribution in [0.2, 0.25) is 0 Å². The third-order valence-electron chi connectivity index (χ3n) is 5.90. The number of rotatable bonds is 5. The van der Waals surface area contributed by atoms with E-state index in [-0.39, 0.29) is 0 Å². The van der Waals surface area contributed by atoms with Gasteiger partial charge in [-0.3, -0.25) is 20.4 Å². The van der Waals surface area contributed by atoms with Crippen molar-refractivity contribution in [3.05, 3.63) is 122 Å². The van der Waals surface area contributed by atoms with Gasteiger partial charge in [0.2, 0.25) is 0 Å². The van der Waals surface area contributed by atoms with E-state index in [4.69, 9.17) is 4.98 Å². The van der Waals surface area contributed by atoms with E-state index in [0.717, 1.165) is 22.1 Å². The number of hydrazine groups is 1. The number of para-hydroxylation sites is 1. The highest BCUT2D eigenvalue weighted by Gasteiger charge is 2.23. The fourth-order valence-corrected chi connectivity index (χ4v) is 4.22. The Hall–Kier alpha value is -4.84. The summed E-state index contributed by atoms with van der Waals surface area (Å²) in [5.41, 5.74) is 6.93. The second kappa shape index (κ2) is 8.83. The summed E-state index contributed by atoms with van der Waals surface area (Å²) in [7, 11) is 0. The summed E-state index contributed by atoms with van der Waals surface area (Å²) >= 11 is 0. The molecule has 0 radical (unpaired) electrons. The molecule has 0 fully saturated rings. The zero-order valence-electron chi connectivity index (χ0n) is 18.6. The average Bonchev–Trinajstić information content (AvgIpc) is 2.92. The molecule has 0 unspecified atom stereocenters. The number of benzene rings is 3. The van der Waals surface area contributed by atoms with Crippen molar-refractivity contribution >= 4 is 38.7 Å². The quantitative estimate of drug-likeness (QED) is 0.279. The van der Waals surface area contributed by atoms with Crippen LogP contribution in [0.25, 0.3) is 32.9 Å². The first-order valence-electron chi connectivity index (χ1n) is 11.2. The monoisotopic (exact) mass is 457 g/mol. The number of anilines is 3. The van der Waals surface area contributed by atoms with Crippen molar-refractivity contribution in [2.45, 2.75) is 0 Å². The lowest BCUT2D eigenvalue weighted by molar-refractivity contribution is 0.628. The molecule has 35 heavy (non-hydrogen) atoms. The second-order valence-corrected chi connectivity index (χ2v) is 8.09. The van der Waals surface area contributed by atoms with Crippen LogP contribution in [0.5, 0.6) is 0 Å². The molecular formula is C29H20FN5. The van der Waals surface area contributed by atoms with Crippen LogP contribution in [0.4, 0.5) is 21.5 Å². The van der Waals surface area contributed by atoms with E-state index in [0.29, 0.717) is 27.8 Å². The minimum Gasteiger partial charge on any atom is -0.294 e. The zero-order valence-corrected chi connectivity index (χ0v) is 18.6. The Morgan fingerprint density at radius 3 is 2.17 bits per heavy atom. The van der Waals surface area contributed by atoms with Gasteiger partial charge < -0.3 is 0 Å². The summed E-state index contributed by atoms with van der Waals surface area (Å²) in [6, 6.07) is 28.8. The summed E-state index contributed by atoms with van der Waals surface area (Å²) in [6.07, 6.45) is 6.74. The van der Waals surface area contributed by atoms with Gasteiger partial charge in [-0.15, -0.1) is 0 Å². The number of halogens is 1. The van der Waals surface area contributed by atoms with Gasteiger partial charge in [-0.2, -0.15) is 0 Å². The summed E-state index contributed by atoms with van der Waals surface area (Å²) in [5.74, 6) is -0.419. The maximum Gasteiger partial charge on any atom is 0.175 e. The number of fused-ring (bicyclic) bond motifs is 2. The molecule has 0 aliphatic rings. The van der Waals surface area contributed by atoms with Crippen molar-refractivity contribution < 1.29 is 4.39 Å². The maximum absolute atomic E-state index is 16.6. The van der Waals surface area contributed by atoms with E-state index in [1.54, 1.807) is 29.8 Å². The van der Waals surface area contributed by atoms with E-state index in [1.165, 1.54) is 0 Å². The van der Waals surface area contributed by atoms with Gasteiger partial charge in [0.1, 0.15) is 11.4 Å². The molecule has 3 heterocycles. The number of nitrogens with zero attached hydrogens (tertiary/aromatic N) is 4. The number of aromatic nitrogens is 3. The molecular weight excluding hydrogens is 437 g/mol. The Balaban J connectivity index is 1.61. The second-order valence-electron chi connectivity index (χ2n) is 8.09. The van der Waals surface area contributed by atoms with E-state index < -0.39 is 5.82 Å². The third-order valence-corrected chi connectivity index (χ3v) is 5.90. The standard InChI is InChI=1S/C29H20FN5/c30-27-28(22-10-9-20-5-1-2-6-21(20)19-22)33-26-8-4-3-7-25(26)29(27)35(24-13-17-32-18-14-24)34-23-11-15-31-16-12-23/h1-19H,(H,31,34). The van der Waals surface area contributed by atoms with Gasteiger partial charge >= 0.3 is 0 Å². The molecule has 3 aromatic carbocycles. The van der Waals surface area contributed by atoms with Crippen LogP contribution in [0, 0.1) is 5.82 Å². The van der Waals surface area contributed by atoms with E-state index in [2.05, 4.69) is 15.4 Å². The highest BCUT2D eigenvalue weighted by molar-refractivity contribution is 5.98. The SMILES string of the molecule is Fc1c(-c2ccc3ccccc3c2)nc2ccccc2c1N(Nc1ccncc1)c1ccncc1. The van der Waals surface area contributed by atoms with E-state index >= 15 is 4.39 Å². The van der Waals surface area contributed by atoms with Crippen LogP contribution in [-0.2, 0) is 0 Å². The van der Waals surface area contributed by atoms with Crippen molar-refractivity contribution in [1.82, 2.24) is 15.0 Å². The van der Waals surface area contributed by atoms with Gasteiger partial charge in [-0.05, 0) is 47.2 Å². The molecule has 6 aromatic rings. The Bertz CT molecular complexity index is 1640. The lowest BCUT2D eigenvalue weighted by atomic mass is 10.0. The zero-order chi connectivity index (χ0) is 23.6. The van der Waals surface area contributed by atoms with Crippen molar-refractivity contribution in [1.29, 1.82) is 0 Å². The first-order valence-corrected chi connectivity index (χ1v) is 11.2. The first-order chi connectivity index (χ1) is 17.3. The van der Waals surface area contributed by atoms with Gasteiger partial charge in [0.25, 0.3) is 0 Å². The average molecular weight is 458 g/mol. The molecule has 0 aliphatic heterocycles. The summed E-state index contributed by atoms with van der Waals surface area (Å²) < 4.78 is 16.6. The smallest absolute Gasteiger partial charge is 0.175 e. The Kier molecular flexibility index (Phi) is 5.24. The minimum atomic E-state index is -0.419. The Morgan fingerprint density at radius 2 is 1.37 bits per heavy atom. The van der Waals surface area contributed by atoms with E-state index in [1.807, 2.05) is 91.0 Å². The largest absolute Gasteiger partial charge is 0.294 e. The van der Waals surface area contributed by atoms with Crippen molar-refractivity contribution in [3.8, 4) is 11.3 Å². The fourth-order valence-electron chi connectivity index (χ4n) is 4.22. The number of nitrogens with one attached hydrogen (secondary N) is 1. The molecule has 6 rings (SSSR count). The lowest BCUT2D eigenvalue weighted by Gasteiger charge is -2.28. The van der Waals surface area contributed by atoms with Gasteiger partial charge in [-0.1, -0.05) is 54.6 Å².